The third-order valence-electron chi connectivity index (χ3n) is 2.00. The van der Waals surface area contributed by atoms with E-state index in [0.717, 1.165) is 11.3 Å². The van der Waals surface area contributed by atoms with Gasteiger partial charge in [-0.2, -0.15) is 0 Å². The van der Waals surface area contributed by atoms with Crippen molar-refractivity contribution in [1.29, 1.82) is 0 Å². The summed E-state index contributed by atoms with van der Waals surface area (Å²) in [6.45, 7) is 0.735. The Labute approximate surface area is 97.5 Å². The van der Waals surface area contributed by atoms with E-state index in [4.69, 9.17) is 10.8 Å². The molecule has 15 heavy (non-hydrogen) atoms. The molecule has 88 valence electrons. The van der Waals surface area contributed by atoms with Crippen LogP contribution in [0.25, 0.3) is 0 Å². The highest BCUT2D eigenvalue weighted by atomic mass is 35.5. The Kier molecular flexibility index (Phi) is 5.66. The van der Waals surface area contributed by atoms with Crippen LogP contribution in [0.15, 0.2) is 12.1 Å². The maximum absolute atomic E-state index is 13.0. The molecule has 0 fully saturated rings. The smallest absolute Gasteiger partial charge is 0.290 e. The molecule has 2 nitrogen and oxygen atoms in total. The zero-order valence-electron chi connectivity index (χ0n) is 8.24. The molecule has 0 spiro atoms. The number of rotatable bonds is 4. The predicted octanol–water partition coefficient (Wildman–Crippen LogP) is 2.36. The summed E-state index contributed by atoms with van der Waals surface area (Å²) in [5.41, 5.74) is 5.35. The normalized spacial score (nSPS) is 13.4. The van der Waals surface area contributed by atoms with Crippen molar-refractivity contribution in [2.75, 3.05) is 6.61 Å². The third kappa shape index (κ3) is 3.38. The molecule has 3 N–H and O–H groups in total. The van der Waals surface area contributed by atoms with Crippen molar-refractivity contribution in [3.8, 4) is 0 Å². The minimum Gasteiger partial charge on any atom is -0.390 e. The third-order valence-corrected chi connectivity index (χ3v) is 3.32. The average molecular weight is 258 g/mol. The summed E-state index contributed by atoms with van der Waals surface area (Å²) in [6.07, 6.45) is 0.808. The number of aliphatic hydroxyl groups excluding tert-OH is 1. The number of thiophene rings is 1. The summed E-state index contributed by atoms with van der Waals surface area (Å²) in [6, 6.07) is 1.98. The molecule has 0 aliphatic rings. The van der Waals surface area contributed by atoms with E-state index in [1.807, 2.05) is 6.92 Å². The lowest BCUT2D eigenvalue weighted by Crippen LogP contribution is -2.35. The van der Waals surface area contributed by atoms with Crippen molar-refractivity contribution in [3.05, 3.63) is 21.9 Å². The number of alkyl halides is 2. The molecule has 0 aromatic carbocycles. The SMILES string of the molecule is CCc1ccc([C@@H](N)C(F)(F)CO)s1.Cl. The number of aryl methyl sites for hydroxylation is 1. The Morgan fingerprint density at radius 1 is 1.53 bits per heavy atom. The van der Waals surface area contributed by atoms with E-state index in [0.29, 0.717) is 4.88 Å². The van der Waals surface area contributed by atoms with E-state index in [1.165, 1.54) is 11.3 Å². The van der Waals surface area contributed by atoms with Crippen LogP contribution in [0.5, 0.6) is 0 Å². The highest BCUT2D eigenvalue weighted by Gasteiger charge is 2.38. The van der Waals surface area contributed by atoms with Gasteiger partial charge in [0.1, 0.15) is 12.6 Å². The molecule has 6 heteroatoms. The van der Waals surface area contributed by atoms with E-state index in [-0.39, 0.29) is 12.4 Å². The minimum atomic E-state index is -3.24. The van der Waals surface area contributed by atoms with Crippen molar-refractivity contribution >= 4 is 23.7 Å². The van der Waals surface area contributed by atoms with E-state index >= 15 is 0 Å². The standard InChI is InChI=1S/C9H13F2NOS.ClH/c1-2-6-3-4-7(14-6)8(12)9(10,11)5-13;/h3-4,8,13H,2,5,12H2,1H3;1H/t8-;/m1./s1. The lowest BCUT2D eigenvalue weighted by Gasteiger charge is -2.19. The van der Waals surface area contributed by atoms with Crippen LogP contribution in [-0.2, 0) is 6.42 Å². The highest BCUT2D eigenvalue weighted by molar-refractivity contribution is 7.12. The maximum Gasteiger partial charge on any atom is 0.290 e. The van der Waals surface area contributed by atoms with Crippen LogP contribution in [0.4, 0.5) is 8.78 Å². The fourth-order valence-corrected chi connectivity index (χ4v) is 2.08. The second-order valence-corrected chi connectivity index (χ2v) is 4.25. The first-order chi connectivity index (χ1) is 6.51. The molecule has 1 rings (SSSR count). The second kappa shape index (κ2) is 5.75. The first-order valence-corrected chi connectivity index (χ1v) is 5.15. The highest BCUT2D eigenvalue weighted by Crippen LogP contribution is 2.32. The lowest BCUT2D eigenvalue weighted by molar-refractivity contribution is -0.0703. The van der Waals surface area contributed by atoms with E-state index in [1.54, 1.807) is 12.1 Å². The zero-order chi connectivity index (χ0) is 10.8. The van der Waals surface area contributed by atoms with E-state index in [2.05, 4.69) is 0 Å². The van der Waals surface area contributed by atoms with Gasteiger partial charge in [-0.15, -0.1) is 23.7 Å². The molecule has 0 unspecified atom stereocenters. The molecule has 0 bridgehead atoms. The van der Waals surface area contributed by atoms with Crippen molar-refractivity contribution in [3.63, 3.8) is 0 Å². The van der Waals surface area contributed by atoms with Crippen LogP contribution in [0.1, 0.15) is 22.7 Å². The van der Waals surface area contributed by atoms with Gasteiger partial charge in [-0.25, -0.2) is 8.78 Å². The van der Waals surface area contributed by atoms with Crippen molar-refractivity contribution in [2.45, 2.75) is 25.3 Å². The van der Waals surface area contributed by atoms with Gasteiger partial charge < -0.3 is 10.8 Å². The van der Waals surface area contributed by atoms with Gasteiger partial charge >= 0.3 is 0 Å². The second-order valence-electron chi connectivity index (χ2n) is 3.05. The number of aliphatic hydroxyl groups is 1. The molecule has 1 aromatic rings. The predicted molar refractivity (Wildman–Crippen MR) is 59.9 cm³/mol. The van der Waals surface area contributed by atoms with Gasteiger partial charge in [0.05, 0.1) is 0 Å². The quantitative estimate of drug-likeness (QED) is 0.870. The van der Waals surface area contributed by atoms with Crippen LogP contribution >= 0.6 is 23.7 Å². The fourth-order valence-electron chi connectivity index (χ4n) is 1.06. The summed E-state index contributed by atoms with van der Waals surface area (Å²) >= 11 is 1.27. The van der Waals surface area contributed by atoms with Crippen LogP contribution < -0.4 is 5.73 Å². The first kappa shape index (κ1) is 14.8. The molecule has 0 amide bonds. The molecule has 1 heterocycles. The minimum absolute atomic E-state index is 0. The molecular formula is C9H14ClF2NOS. The molecule has 0 saturated carbocycles. The van der Waals surface area contributed by atoms with Gasteiger partial charge in [0.15, 0.2) is 0 Å². The van der Waals surface area contributed by atoms with Gasteiger partial charge in [0.2, 0.25) is 0 Å². The maximum atomic E-state index is 13.0. The van der Waals surface area contributed by atoms with Gasteiger partial charge in [0, 0.05) is 9.75 Å². The van der Waals surface area contributed by atoms with Crippen LogP contribution in [0.3, 0.4) is 0 Å². The van der Waals surface area contributed by atoms with Crippen LogP contribution in [0, 0.1) is 0 Å². The van der Waals surface area contributed by atoms with Crippen molar-refractivity contribution < 1.29 is 13.9 Å². The molecule has 0 aliphatic heterocycles. The monoisotopic (exact) mass is 257 g/mol. The summed E-state index contributed by atoms with van der Waals surface area (Å²) in [5, 5.41) is 8.46. The van der Waals surface area contributed by atoms with E-state index < -0.39 is 18.6 Å². The Morgan fingerprint density at radius 2 is 2.13 bits per heavy atom. The molecule has 0 saturated heterocycles. The zero-order valence-corrected chi connectivity index (χ0v) is 9.88. The van der Waals surface area contributed by atoms with Gasteiger partial charge in [0.25, 0.3) is 5.92 Å². The molecule has 1 aromatic heterocycles. The molecule has 0 radical (unpaired) electrons. The van der Waals surface area contributed by atoms with Crippen molar-refractivity contribution in [1.82, 2.24) is 0 Å². The largest absolute Gasteiger partial charge is 0.390 e. The van der Waals surface area contributed by atoms with Crippen LogP contribution in [0.2, 0.25) is 0 Å². The summed E-state index contributed by atoms with van der Waals surface area (Å²) in [7, 11) is 0. The Bertz CT molecular complexity index is 306. The summed E-state index contributed by atoms with van der Waals surface area (Å²) in [4.78, 5) is 1.44. The number of hydrogen-bond donors (Lipinski definition) is 2. The van der Waals surface area contributed by atoms with Gasteiger partial charge in [-0.1, -0.05) is 6.92 Å². The Balaban J connectivity index is 0.00000196. The van der Waals surface area contributed by atoms with Crippen molar-refractivity contribution in [2.24, 2.45) is 5.73 Å². The number of nitrogens with two attached hydrogens (primary N) is 1. The van der Waals surface area contributed by atoms with E-state index in [9.17, 15) is 8.78 Å². The lowest BCUT2D eigenvalue weighted by atomic mass is 10.1. The Hall–Kier alpha value is -0.230. The topological polar surface area (TPSA) is 46.2 Å². The summed E-state index contributed by atoms with van der Waals surface area (Å²) in [5.74, 6) is -3.24. The fraction of sp³-hybridized carbons (Fsp3) is 0.556. The summed E-state index contributed by atoms with van der Waals surface area (Å²) < 4.78 is 26.0. The molecular weight excluding hydrogens is 244 g/mol. The molecule has 1 atom stereocenters. The van der Waals surface area contributed by atoms with Crippen LogP contribution in [-0.4, -0.2) is 17.6 Å². The van der Waals surface area contributed by atoms with Gasteiger partial charge in [-0.3, -0.25) is 0 Å². The number of hydrogen-bond acceptors (Lipinski definition) is 3. The average Bonchev–Trinajstić information content (AvgIpc) is 2.64. The molecule has 0 aliphatic carbocycles. The number of halogens is 3. The first-order valence-electron chi connectivity index (χ1n) is 4.34. The van der Waals surface area contributed by atoms with Gasteiger partial charge in [-0.05, 0) is 18.6 Å². The Morgan fingerprint density at radius 3 is 2.53 bits per heavy atom.